The number of aryl methyl sites for hydroxylation is 1. The molecule has 0 aliphatic rings. The fraction of sp³-hybridized carbons (Fsp3) is 0.368. The Hall–Kier alpha value is -2.76. The third kappa shape index (κ3) is 4.62. The van der Waals surface area contributed by atoms with Crippen LogP contribution in [0, 0.1) is 6.92 Å². The lowest BCUT2D eigenvalue weighted by Crippen LogP contribution is -2.14. The van der Waals surface area contributed by atoms with Gasteiger partial charge in [0, 0.05) is 11.8 Å². The molecule has 0 atom stereocenters. The average molecular weight is 344 g/mol. The van der Waals surface area contributed by atoms with Gasteiger partial charge in [0.25, 0.3) is 5.91 Å². The first kappa shape index (κ1) is 18.6. The molecule has 6 nitrogen and oxygen atoms in total. The van der Waals surface area contributed by atoms with Crippen LogP contribution >= 0.6 is 0 Å². The second-order valence-corrected chi connectivity index (χ2v) is 5.25. The van der Waals surface area contributed by atoms with E-state index >= 15 is 0 Å². The van der Waals surface area contributed by atoms with Gasteiger partial charge in [-0.3, -0.25) is 9.78 Å². The Balaban J connectivity index is 2.39. The molecule has 0 aliphatic carbocycles. The summed E-state index contributed by atoms with van der Waals surface area (Å²) >= 11 is 0. The molecule has 1 N–H and O–H groups in total. The first-order valence-corrected chi connectivity index (χ1v) is 8.39. The average Bonchev–Trinajstić information content (AvgIpc) is 2.60. The van der Waals surface area contributed by atoms with Crippen molar-refractivity contribution in [3.8, 4) is 17.2 Å². The molecule has 1 aromatic carbocycles. The number of benzene rings is 1. The summed E-state index contributed by atoms with van der Waals surface area (Å²) in [6.45, 7) is 8.94. The van der Waals surface area contributed by atoms with E-state index in [4.69, 9.17) is 14.2 Å². The SMILES string of the molecule is CCOc1cc(C(=O)Nc2cnccc2C)cc(OCC)c1OCC. The third-order valence-electron chi connectivity index (χ3n) is 3.46. The number of ether oxygens (including phenoxy) is 3. The molecule has 0 aliphatic heterocycles. The van der Waals surface area contributed by atoms with E-state index in [1.54, 1.807) is 24.5 Å². The van der Waals surface area contributed by atoms with Crippen molar-refractivity contribution in [2.24, 2.45) is 0 Å². The molecule has 1 amide bonds. The predicted molar refractivity (Wildman–Crippen MR) is 96.9 cm³/mol. The monoisotopic (exact) mass is 344 g/mol. The number of hydrogen-bond acceptors (Lipinski definition) is 5. The van der Waals surface area contributed by atoms with Crippen LogP contribution in [0.3, 0.4) is 0 Å². The topological polar surface area (TPSA) is 69.7 Å². The minimum Gasteiger partial charge on any atom is -0.490 e. The van der Waals surface area contributed by atoms with Crippen LogP contribution in [0.1, 0.15) is 36.7 Å². The van der Waals surface area contributed by atoms with Gasteiger partial charge in [-0.15, -0.1) is 0 Å². The summed E-state index contributed by atoms with van der Waals surface area (Å²) in [5, 5.41) is 2.86. The fourth-order valence-electron chi connectivity index (χ4n) is 2.31. The molecule has 6 heteroatoms. The van der Waals surface area contributed by atoms with Crippen molar-refractivity contribution >= 4 is 11.6 Å². The number of nitrogens with zero attached hydrogens (tertiary/aromatic N) is 1. The molecule has 1 aromatic heterocycles. The molecule has 0 spiro atoms. The molecule has 25 heavy (non-hydrogen) atoms. The maximum Gasteiger partial charge on any atom is 0.255 e. The minimum atomic E-state index is -0.263. The Labute approximate surface area is 148 Å². The van der Waals surface area contributed by atoms with Gasteiger partial charge in [-0.05, 0) is 51.5 Å². The number of anilines is 1. The number of aromatic nitrogens is 1. The number of hydrogen-bond donors (Lipinski definition) is 1. The smallest absolute Gasteiger partial charge is 0.255 e. The maximum absolute atomic E-state index is 12.7. The van der Waals surface area contributed by atoms with Crippen LogP contribution in [-0.2, 0) is 0 Å². The normalized spacial score (nSPS) is 10.2. The van der Waals surface area contributed by atoms with Crippen LogP contribution in [0.25, 0.3) is 0 Å². The van der Waals surface area contributed by atoms with E-state index in [1.807, 2.05) is 33.8 Å². The number of pyridine rings is 1. The largest absolute Gasteiger partial charge is 0.490 e. The summed E-state index contributed by atoms with van der Waals surface area (Å²) < 4.78 is 16.9. The van der Waals surface area contributed by atoms with Crippen molar-refractivity contribution in [2.45, 2.75) is 27.7 Å². The van der Waals surface area contributed by atoms with Crippen LogP contribution in [0.2, 0.25) is 0 Å². The third-order valence-corrected chi connectivity index (χ3v) is 3.46. The van der Waals surface area contributed by atoms with E-state index in [0.717, 1.165) is 5.56 Å². The first-order chi connectivity index (χ1) is 12.1. The van der Waals surface area contributed by atoms with Gasteiger partial charge in [-0.2, -0.15) is 0 Å². The van der Waals surface area contributed by atoms with Crippen molar-refractivity contribution in [2.75, 3.05) is 25.1 Å². The molecule has 0 saturated carbocycles. The van der Waals surface area contributed by atoms with Crippen molar-refractivity contribution in [1.82, 2.24) is 4.98 Å². The highest BCUT2D eigenvalue weighted by molar-refractivity contribution is 6.05. The van der Waals surface area contributed by atoms with E-state index in [1.165, 1.54) is 0 Å². The standard InChI is InChI=1S/C19H24N2O4/c1-5-23-16-10-14(11-17(24-6-2)18(16)25-7-3)19(22)21-15-12-20-9-8-13(15)4/h8-12H,5-7H2,1-4H3,(H,21,22). The Morgan fingerprint density at radius 3 is 2.16 bits per heavy atom. The van der Waals surface area contributed by atoms with Crippen LogP contribution in [0.4, 0.5) is 5.69 Å². The van der Waals surface area contributed by atoms with E-state index in [0.29, 0.717) is 48.3 Å². The number of carbonyl (C=O) groups excluding carboxylic acids is 1. The van der Waals surface area contributed by atoms with Crippen molar-refractivity contribution in [3.05, 3.63) is 41.7 Å². The van der Waals surface area contributed by atoms with Crippen molar-refractivity contribution in [1.29, 1.82) is 0 Å². The van der Waals surface area contributed by atoms with Gasteiger partial charge in [0.05, 0.1) is 31.7 Å². The molecule has 134 valence electrons. The van der Waals surface area contributed by atoms with Gasteiger partial charge in [0.2, 0.25) is 5.75 Å². The minimum absolute atomic E-state index is 0.263. The predicted octanol–water partition coefficient (Wildman–Crippen LogP) is 3.84. The Kier molecular flexibility index (Phi) is 6.62. The van der Waals surface area contributed by atoms with E-state index in [2.05, 4.69) is 10.3 Å². The Morgan fingerprint density at radius 2 is 1.64 bits per heavy atom. The molecule has 0 radical (unpaired) electrons. The second kappa shape index (κ2) is 8.92. The summed E-state index contributed by atoms with van der Waals surface area (Å²) in [5.74, 6) is 1.23. The summed E-state index contributed by atoms with van der Waals surface area (Å²) in [7, 11) is 0. The summed E-state index contributed by atoms with van der Waals surface area (Å²) in [6, 6.07) is 5.17. The first-order valence-electron chi connectivity index (χ1n) is 8.39. The zero-order valence-electron chi connectivity index (χ0n) is 15.1. The van der Waals surface area contributed by atoms with Gasteiger partial charge < -0.3 is 19.5 Å². The highest BCUT2D eigenvalue weighted by Gasteiger charge is 2.18. The summed E-state index contributed by atoms with van der Waals surface area (Å²) in [4.78, 5) is 16.7. The molecular weight excluding hydrogens is 320 g/mol. The zero-order valence-corrected chi connectivity index (χ0v) is 15.1. The van der Waals surface area contributed by atoms with E-state index < -0.39 is 0 Å². The van der Waals surface area contributed by atoms with Crippen LogP contribution in [-0.4, -0.2) is 30.7 Å². The molecule has 2 rings (SSSR count). The highest BCUT2D eigenvalue weighted by Crippen LogP contribution is 2.39. The van der Waals surface area contributed by atoms with Gasteiger partial charge >= 0.3 is 0 Å². The number of amides is 1. The van der Waals surface area contributed by atoms with Gasteiger partial charge in [0.1, 0.15) is 0 Å². The second-order valence-electron chi connectivity index (χ2n) is 5.25. The molecule has 0 fully saturated rings. The van der Waals surface area contributed by atoms with Crippen molar-refractivity contribution in [3.63, 3.8) is 0 Å². The van der Waals surface area contributed by atoms with E-state index in [-0.39, 0.29) is 5.91 Å². The number of rotatable bonds is 8. The quantitative estimate of drug-likeness (QED) is 0.788. The van der Waals surface area contributed by atoms with Gasteiger partial charge in [-0.25, -0.2) is 0 Å². The molecule has 0 saturated heterocycles. The van der Waals surface area contributed by atoms with Crippen LogP contribution < -0.4 is 19.5 Å². The molecular formula is C19H24N2O4. The molecule has 1 heterocycles. The molecule has 0 bridgehead atoms. The maximum atomic E-state index is 12.7. The number of carbonyl (C=O) groups is 1. The van der Waals surface area contributed by atoms with Crippen LogP contribution in [0.15, 0.2) is 30.6 Å². The Bertz CT molecular complexity index is 704. The fourth-order valence-corrected chi connectivity index (χ4v) is 2.31. The lowest BCUT2D eigenvalue weighted by Gasteiger charge is -2.17. The summed E-state index contributed by atoms with van der Waals surface area (Å²) in [6.07, 6.45) is 3.30. The van der Waals surface area contributed by atoms with Gasteiger partial charge in [0.15, 0.2) is 11.5 Å². The van der Waals surface area contributed by atoms with Gasteiger partial charge in [-0.1, -0.05) is 0 Å². The number of nitrogens with one attached hydrogen (secondary N) is 1. The van der Waals surface area contributed by atoms with E-state index in [9.17, 15) is 4.79 Å². The highest BCUT2D eigenvalue weighted by atomic mass is 16.5. The van der Waals surface area contributed by atoms with Crippen molar-refractivity contribution < 1.29 is 19.0 Å². The molecule has 0 unspecified atom stereocenters. The lowest BCUT2D eigenvalue weighted by molar-refractivity contribution is 0.102. The Morgan fingerprint density at radius 1 is 1.04 bits per heavy atom. The zero-order chi connectivity index (χ0) is 18.2. The van der Waals surface area contributed by atoms with Crippen LogP contribution in [0.5, 0.6) is 17.2 Å². The lowest BCUT2D eigenvalue weighted by atomic mass is 10.1. The molecule has 2 aromatic rings. The summed E-state index contributed by atoms with van der Waals surface area (Å²) in [5.41, 5.74) is 2.03.